The summed E-state index contributed by atoms with van der Waals surface area (Å²) in [7, 11) is 0. The molecule has 0 spiro atoms. The number of aliphatic hydroxyl groups is 1. The van der Waals surface area contributed by atoms with Crippen LogP contribution in [0.4, 0.5) is 32.3 Å². The summed E-state index contributed by atoms with van der Waals surface area (Å²) in [4.78, 5) is 19.9. The zero-order chi connectivity index (χ0) is 26.3. The molecular weight excluding hydrogens is 500 g/mol. The highest BCUT2D eigenvalue weighted by Gasteiger charge is 2.72. The molecule has 0 aliphatic heterocycles. The molecular formula is C20H19F6N7O3. The van der Waals surface area contributed by atoms with Gasteiger partial charge in [0.05, 0.1) is 18.5 Å². The predicted octanol–water partition coefficient (Wildman–Crippen LogP) is 2.61. The molecule has 194 valence electrons. The smallest absolute Gasteiger partial charge is 0.369 e. The minimum absolute atomic E-state index is 0.0596. The Morgan fingerprint density at radius 3 is 2.39 bits per heavy atom. The molecule has 3 aromatic rings. The number of amides is 1. The number of hydrogen-bond donors (Lipinski definition) is 3. The van der Waals surface area contributed by atoms with Gasteiger partial charge in [-0.25, -0.2) is 4.98 Å². The number of hydrogen-bond acceptors (Lipinski definition) is 8. The van der Waals surface area contributed by atoms with Crippen LogP contribution < -0.4 is 11.1 Å². The molecule has 2 heterocycles. The highest BCUT2D eigenvalue weighted by atomic mass is 19.4. The van der Waals surface area contributed by atoms with E-state index in [1.54, 1.807) is 0 Å². The topological polar surface area (TPSA) is 141 Å². The number of rotatable bonds is 7. The Morgan fingerprint density at radius 2 is 1.81 bits per heavy atom. The van der Waals surface area contributed by atoms with E-state index in [2.05, 4.69) is 30.3 Å². The number of alkyl halides is 6. The molecule has 1 saturated carbocycles. The lowest BCUT2D eigenvalue weighted by Gasteiger charge is -2.31. The second-order valence-electron chi connectivity index (χ2n) is 8.25. The zero-order valence-electron chi connectivity index (χ0n) is 18.2. The van der Waals surface area contributed by atoms with Crippen LogP contribution in [0.1, 0.15) is 24.8 Å². The monoisotopic (exact) mass is 519 g/mol. The number of primary amides is 1. The number of aromatic nitrogens is 5. The number of nitrogens with one attached hydrogen (secondary N) is 1. The lowest BCUT2D eigenvalue weighted by atomic mass is 10.1. The summed E-state index contributed by atoms with van der Waals surface area (Å²) >= 11 is 0. The van der Waals surface area contributed by atoms with Gasteiger partial charge < -0.3 is 20.9 Å². The van der Waals surface area contributed by atoms with E-state index in [1.807, 2.05) is 0 Å². The zero-order valence-corrected chi connectivity index (χ0v) is 18.2. The van der Waals surface area contributed by atoms with Crippen LogP contribution in [-0.4, -0.2) is 60.2 Å². The number of benzene rings is 1. The van der Waals surface area contributed by atoms with Gasteiger partial charge in [0.25, 0.3) is 0 Å². The first-order valence-corrected chi connectivity index (χ1v) is 10.5. The fraction of sp³-hybridized carbons (Fsp3) is 0.450. The molecule has 0 bridgehead atoms. The summed E-state index contributed by atoms with van der Waals surface area (Å²) in [5.74, 6) is -5.65. The quantitative estimate of drug-likeness (QED) is 0.320. The molecule has 1 amide bonds. The van der Waals surface area contributed by atoms with Gasteiger partial charge in [-0.3, -0.25) is 4.79 Å². The van der Waals surface area contributed by atoms with Crippen LogP contribution in [-0.2, 0) is 16.1 Å². The summed E-state index contributed by atoms with van der Waals surface area (Å²) in [6.45, 7) is -1.17. The van der Waals surface area contributed by atoms with E-state index in [0.29, 0.717) is 30.5 Å². The number of fused-ring (bicyclic) bond motifs is 1. The van der Waals surface area contributed by atoms with Gasteiger partial charge in [0.1, 0.15) is 0 Å². The number of carbonyl (C=O) groups excluding carboxylic acids is 1. The number of halogens is 6. The maximum absolute atomic E-state index is 12.8. The van der Waals surface area contributed by atoms with Crippen molar-refractivity contribution in [2.75, 3.05) is 5.32 Å². The number of anilines is 1. The van der Waals surface area contributed by atoms with Crippen LogP contribution in [0.5, 0.6) is 0 Å². The first kappa shape index (κ1) is 25.6. The van der Waals surface area contributed by atoms with Gasteiger partial charge in [0.2, 0.25) is 11.9 Å². The minimum atomic E-state index is -6.09. The van der Waals surface area contributed by atoms with E-state index in [0.717, 1.165) is 0 Å². The van der Waals surface area contributed by atoms with E-state index < -0.39 is 24.7 Å². The van der Waals surface area contributed by atoms with Crippen LogP contribution in [0.2, 0.25) is 0 Å². The lowest BCUT2D eigenvalue weighted by molar-refractivity contribution is -0.460. The van der Waals surface area contributed by atoms with Crippen molar-refractivity contribution in [1.29, 1.82) is 0 Å². The van der Waals surface area contributed by atoms with Crippen molar-refractivity contribution in [1.82, 2.24) is 25.0 Å². The summed E-state index contributed by atoms with van der Waals surface area (Å²) in [6.07, 6.45) is -8.87. The summed E-state index contributed by atoms with van der Waals surface area (Å²) in [6, 6.07) is 5.07. The molecule has 0 unspecified atom stereocenters. The average molecular weight is 519 g/mol. The van der Waals surface area contributed by atoms with Crippen molar-refractivity contribution in [3.63, 3.8) is 0 Å². The summed E-state index contributed by atoms with van der Waals surface area (Å²) in [5, 5.41) is 20.1. The Balaban J connectivity index is 1.49. The molecule has 4 rings (SSSR count). The molecule has 1 aromatic carbocycles. The van der Waals surface area contributed by atoms with Crippen LogP contribution in [0, 0.1) is 5.92 Å². The Kier molecular flexibility index (Phi) is 6.51. The number of carbonyl (C=O) groups is 1. The molecule has 4 N–H and O–H groups in total. The van der Waals surface area contributed by atoms with Crippen molar-refractivity contribution in [3.8, 4) is 5.69 Å². The van der Waals surface area contributed by atoms with Crippen molar-refractivity contribution in [3.05, 3.63) is 36.0 Å². The molecule has 1 aliphatic rings. The van der Waals surface area contributed by atoms with Gasteiger partial charge in [-0.15, -0.1) is 5.10 Å². The highest BCUT2D eigenvalue weighted by molar-refractivity contribution is 5.77. The fourth-order valence-corrected chi connectivity index (χ4v) is 3.77. The van der Waals surface area contributed by atoms with Crippen LogP contribution in [0.15, 0.2) is 30.5 Å². The van der Waals surface area contributed by atoms with Crippen LogP contribution in [0.3, 0.4) is 0 Å². The van der Waals surface area contributed by atoms with Gasteiger partial charge in [-0.1, -0.05) is 17.3 Å². The molecule has 10 nitrogen and oxygen atoms in total. The van der Waals surface area contributed by atoms with E-state index in [9.17, 15) is 31.1 Å². The second-order valence-corrected chi connectivity index (χ2v) is 8.25. The maximum atomic E-state index is 12.8. The maximum Gasteiger partial charge on any atom is 0.453 e. The number of nitrogens with zero attached hydrogens (tertiary/aromatic N) is 5. The van der Waals surface area contributed by atoms with Gasteiger partial charge in [-0.05, 0) is 37.0 Å². The van der Waals surface area contributed by atoms with Crippen molar-refractivity contribution in [2.45, 2.75) is 50.1 Å². The normalized spacial score (nSPS) is 19.1. The molecule has 1 aliphatic carbocycles. The molecule has 0 radical (unpaired) electrons. The van der Waals surface area contributed by atoms with Gasteiger partial charge in [-0.2, -0.15) is 36.0 Å². The molecule has 16 heteroatoms. The Morgan fingerprint density at radius 1 is 1.14 bits per heavy atom. The third-order valence-corrected chi connectivity index (χ3v) is 5.76. The molecule has 2 atom stereocenters. The number of ether oxygens (including phenoxy) is 1. The van der Waals surface area contributed by atoms with Crippen molar-refractivity contribution in [2.24, 2.45) is 11.7 Å². The second kappa shape index (κ2) is 9.16. The molecule has 36 heavy (non-hydrogen) atoms. The van der Waals surface area contributed by atoms with Crippen LogP contribution >= 0.6 is 0 Å². The third-order valence-electron chi connectivity index (χ3n) is 5.76. The predicted molar refractivity (Wildman–Crippen MR) is 110 cm³/mol. The van der Waals surface area contributed by atoms with E-state index in [1.165, 1.54) is 35.1 Å². The van der Waals surface area contributed by atoms with Crippen molar-refractivity contribution < 1.29 is 41.0 Å². The summed E-state index contributed by atoms with van der Waals surface area (Å²) < 4.78 is 81.8. The Bertz CT molecular complexity index is 1230. The first-order valence-electron chi connectivity index (χ1n) is 10.5. The fourth-order valence-electron chi connectivity index (χ4n) is 3.77. The van der Waals surface area contributed by atoms with Gasteiger partial charge >= 0.3 is 18.1 Å². The largest absolute Gasteiger partial charge is 0.453 e. The highest BCUT2D eigenvalue weighted by Crippen LogP contribution is 2.44. The molecule has 1 fully saturated rings. The average Bonchev–Trinajstić information content (AvgIpc) is 3.43. The molecule has 2 aromatic heterocycles. The van der Waals surface area contributed by atoms with Crippen molar-refractivity contribution >= 4 is 23.0 Å². The van der Waals surface area contributed by atoms with Crippen LogP contribution in [0.25, 0.3) is 16.9 Å². The summed E-state index contributed by atoms with van der Waals surface area (Å²) in [5.41, 5.74) is 6.24. The third kappa shape index (κ3) is 4.90. The molecule has 0 saturated heterocycles. The van der Waals surface area contributed by atoms with E-state index in [4.69, 9.17) is 10.8 Å². The van der Waals surface area contributed by atoms with Gasteiger partial charge in [0.15, 0.2) is 11.2 Å². The minimum Gasteiger partial charge on any atom is -0.369 e. The van der Waals surface area contributed by atoms with E-state index in [-0.39, 0.29) is 35.0 Å². The first-order chi connectivity index (χ1) is 16.8. The lowest BCUT2D eigenvalue weighted by Crippen LogP contribution is -2.58. The SMILES string of the molecule is NC(=O)[C@@H]1CC[C@@H](Nc2ncc3nnn(-c4ccc(COC(O)(C(F)(F)F)C(F)(F)F)cc4)c3n2)C1. The van der Waals surface area contributed by atoms with E-state index >= 15 is 0 Å². The number of nitrogens with two attached hydrogens (primary N) is 1. The Labute approximate surface area is 198 Å². The van der Waals surface area contributed by atoms with Gasteiger partial charge in [0, 0.05) is 12.0 Å². The standard InChI is InChI=1S/C20H19F6N7O3/c21-19(22,23)18(35,20(24,25)26)36-9-10-1-5-13(6-2-10)33-16-14(31-32-33)8-28-17(30-16)29-12-4-3-11(7-12)15(27)34/h1-2,5-6,8,11-12,35H,3-4,7,9H2,(H2,27,34)(H,28,29,30)/t11-,12-/m1/s1. The Hall–Kier alpha value is -3.53.